The zero-order chi connectivity index (χ0) is 23.9. The number of nitrogens with zero attached hydrogens (tertiary/aromatic N) is 5. The molecule has 3 heterocycles. The number of anilines is 1. The molecule has 2 N–H and O–H groups in total. The van der Waals surface area contributed by atoms with E-state index in [1.165, 1.54) is 4.68 Å². The normalized spacial score (nSPS) is 17.9. The van der Waals surface area contributed by atoms with Crippen LogP contribution in [0.15, 0.2) is 36.4 Å². The van der Waals surface area contributed by atoms with Gasteiger partial charge in [0.15, 0.2) is 0 Å². The summed E-state index contributed by atoms with van der Waals surface area (Å²) in [5.41, 5.74) is 1.34. The summed E-state index contributed by atoms with van der Waals surface area (Å²) in [5, 5.41) is 10.1. The van der Waals surface area contributed by atoms with Crippen LogP contribution in [0, 0.1) is 20.8 Å². The number of aromatic nitrogens is 4. The van der Waals surface area contributed by atoms with E-state index >= 15 is 0 Å². The van der Waals surface area contributed by atoms with E-state index in [2.05, 4.69) is 25.7 Å². The van der Waals surface area contributed by atoms with Crippen molar-refractivity contribution in [3.05, 3.63) is 64.1 Å². The Labute approximate surface area is 195 Å². The van der Waals surface area contributed by atoms with E-state index in [4.69, 9.17) is 11.6 Å². The van der Waals surface area contributed by atoms with E-state index in [1.54, 1.807) is 44.2 Å². The second-order valence-electron chi connectivity index (χ2n) is 8.04. The summed E-state index contributed by atoms with van der Waals surface area (Å²) < 4.78 is 1.41. The Bertz CT molecular complexity index is 1270. The number of aryl methyl sites for hydroxylation is 3. The number of urea groups is 1. The number of hydrogen-bond acceptors (Lipinski definition) is 6. The number of rotatable bonds is 5. The van der Waals surface area contributed by atoms with Gasteiger partial charge in [0.1, 0.15) is 17.9 Å². The Morgan fingerprint density at radius 1 is 1.09 bits per heavy atom. The Morgan fingerprint density at radius 2 is 1.79 bits per heavy atom. The minimum Gasteiger partial charge on any atom is -0.319 e. The van der Waals surface area contributed by atoms with Crippen LogP contribution in [0.4, 0.5) is 10.6 Å². The van der Waals surface area contributed by atoms with E-state index in [9.17, 15) is 14.4 Å². The monoisotopic (exact) mass is 467 g/mol. The first-order chi connectivity index (χ1) is 15.6. The number of hydrogen-bond donors (Lipinski definition) is 2. The van der Waals surface area contributed by atoms with Crippen molar-refractivity contribution >= 4 is 35.3 Å². The van der Waals surface area contributed by atoms with Crippen LogP contribution in [-0.2, 0) is 15.1 Å². The van der Waals surface area contributed by atoms with Crippen LogP contribution >= 0.6 is 11.6 Å². The molecule has 170 valence electrons. The average molecular weight is 468 g/mol. The summed E-state index contributed by atoms with van der Waals surface area (Å²) in [6.45, 7) is 6.54. The summed E-state index contributed by atoms with van der Waals surface area (Å²) >= 11 is 6.05. The molecular formula is C22H22ClN7O3. The molecule has 1 fully saturated rings. The smallest absolute Gasteiger partial charge is 0.319 e. The number of benzene rings is 1. The van der Waals surface area contributed by atoms with Crippen molar-refractivity contribution in [3.63, 3.8) is 0 Å². The summed E-state index contributed by atoms with van der Waals surface area (Å²) in [5.74, 6) is -0.488. The van der Waals surface area contributed by atoms with Crippen LogP contribution in [0.3, 0.4) is 0 Å². The van der Waals surface area contributed by atoms with Crippen LogP contribution < -0.4 is 10.6 Å². The van der Waals surface area contributed by atoms with Gasteiger partial charge in [0.25, 0.3) is 11.9 Å². The van der Waals surface area contributed by atoms with Crippen LogP contribution in [0.5, 0.6) is 0 Å². The lowest BCUT2D eigenvalue weighted by atomic mass is 9.92. The highest BCUT2D eigenvalue weighted by molar-refractivity contribution is 6.30. The predicted molar refractivity (Wildman–Crippen MR) is 121 cm³/mol. The summed E-state index contributed by atoms with van der Waals surface area (Å²) in [7, 11) is 0. The van der Waals surface area contributed by atoms with E-state index in [-0.39, 0.29) is 0 Å². The van der Waals surface area contributed by atoms with Gasteiger partial charge in [-0.3, -0.25) is 14.5 Å². The van der Waals surface area contributed by atoms with E-state index in [1.807, 2.05) is 19.9 Å². The third kappa shape index (κ3) is 4.29. The summed E-state index contributed by atoms with van der Waals surface area (Å²) in [4.78, 5) is 48.1. The van der Waals surface area contributed by atoms with Crippen molar-refractivity contribution in [2.45, 2.75) is 33.2 Å². The quantitative estimate of drug-likeness (QED) is 0.556. The van der Waals surface area contributed by atoms with Gasteiger partial charge < -0.3 is 10.6 Å². The maximum absolute atomic E-state index is 13.1. The SMILES string of the molecule is Cc1cc(C)nc(-n2nc(C)cc2NC(=O)CN2C(=O)NC(C)(c3cccc(Cl)c3)C2=O)n1. The average Bonchev–Trinajstić information content (AvgIpc) is 3.19. The molecule has 1 aliphatic heterocycles. The van der Waals surface area contributed by atoms with Crippen LogP contribution in [0.2, 0.25) is 5.02 Å². The van der Waals surface area contributed by atoms with Gasteiger partial charge in [-0.25, -0.2) is 14.8 Å². The molecule has 1 unspecified atom stereocenters. The highest BCUT2D eigenvalue weighted by atomic mass is 35.5. The fourth-order valence-electron chi connectivity index (χ4n) is 3.70. The van der Waals surface area contributed by atoms with Crippen LogP contribution in [0.25, 0.3) is 5.95 Å². The lowest BCUT2D eigenvalue weighted by molar-refractivity contribution is -0.133. The molecule has 1 aromatic carbocycles. The van der Waals surface area contributed by atoms with Crippen molar-refractivity contribution in [1.82, 2.24) is 30.0 Å². The molecule has 1 saturated heterocycles. The molecule has 0 spiro atoms. The Balaban J connectivity index is 1.54. The lowest BCUT2D eigenvalue weighted by Crippen LogP contribution is -2.42. The fraction of sp³-hybridized carbons (Fsp3) is 0.273. The van der Waals surface area contributed by atoms with E-state index in [0.29, 0.717) is 28.0 Å². The molecule has 3 aromatic rings. The van der Waals surface area contributed by atoms with Gasteiger partial charge in [-0.1, -0.05) is 23.7 Å². The minimum atomic E-state index is -1.33. The molecule has 0 radical (unpaired) electrons. The standard InChI is InChI=1S/C22H22ClN7O3/c1-12-8-13(2)25-20(24-12)30-17(9-14(3)28-30)26-18(31)11-29-19(32)22(4,27-21(29)33)15-6-5-7-16(23)10-15/h5-10H,11H2,1-4H3,(H,26,31)(H,27,33). The number of amides is 4. The first-order valence-corrected chi connectivity index (χ1v) is 10.5. The van der Waals surface area contributed by atoms with Gasteiger partial charge >= 0.3 is 6.03 Å². The molecule has 4 amide bonds. The number of carbonyl (C=O) groups is 3. The second kappa shape index (κ2) is 8.28. The molecule has 0 bridgehead atoms. The lowest BCUT2D eigenvalue weighted by Gasteiger charge is -2.22. The zero-order valence-corrected chi connectivity index (χ0v) is 19.3. The Kier molecular flexibility index (Phi) is 5.62. The van der Waals surface area contributed by atoms with Crippen molar-refractivity contribution < 1.29 is 14.4 Å². The third-order valence-corrected chi connectivity index (χ3v) is 5.47. The van der Waals surface area contributed by atoms with Gasteiger partial charge in [-0.15, -0.1) is 0 Å². The molecule has 33 heavy (non-hydrogen) atoms. The van der Waals surface area contributed by atoms with Gasteiger partial charge in [0.2, 0.25) is 5.91 Å². The van der Waals surface area contributed by atoms with Gasteiger partial charge in [-0.2, -0.15) is 9.78 Å². The number of carbonyl (C=O) groups excluding carboxylic acids is 3. The zero-order valence-electron chi connectivity index (χ0n) is 18.5. The van der Waals surface area contributed by atoms with E-state index < -0.39 is 29.9 Å². The highest BCUT2D eigenvalue weighted by Gasteiger charge is 2.49. The van der Waals surface area contributed by atoms with Crippen molar-refractivity contribution in [2.75, 3.05) is 11.9 Å². The number of imide groups is 1. The molecule has 0 aliphatic carbocycles. The minimum absolute atomic E-state index is 0.305. The topological polar surface area (TPSA) is 122 Å². The Hall–Kier alpha value is -3.79. The highest BCUT2D eigenvalue weighted by Crippen LogP contribution is 2.30. The molecule has 4 rings (SSSR count). The van der Waals surface area contributed by atoms with Gasteiger partial charge in [0, 0.05) is 22.5 Å². The summed E-state index contributed by atoms with van der Waals surface area (Å²) in [6, 6.07) is 9.47. The number of halogens is 1. The van der Waals surface area contributed by atoms with E-state index in [0.717, 1.165) is 16.3 Å². The second-order valence-corrected chi connectivity index (χ2v) is 8.47. The Morgan fingerprint density at radius 3 is 2.45 bits per heavy atom. The maximum Gasteiger partial charge on any atom is 0.325 e. The van der Waals surface area contributed by atoms with Gasteiger partial charge in [-0.05, 0) is 51.5 Å². The molecular weight excluding hydrogens is 446 g/mol. The van der Waals surface area contributed by atoms with Crippen LogP contribution in [-0.4, -0.2) is 49.0 Å². The first-order valence-electron chi connectivity index (χ1n) is 10.2. The third-order valence-electron chi connectivity index (χ3n) is 5.24. The maximum atomic E-state index is 13.1. The largest absolute Gasteiger partial charge is 0.325 e. The van der Waals surface area contributed by atoms with Crippen LogP contribution in [0.1, 0.15) is 29.6 Å². The molecule has 0 saturated carbocycles. The predicted octanol–water partition coefficient (Wildman–Crippen LogP) is 2.65. The van der Waals surface area contributed by atoms with Gasteiger partial charge in [0.05, 0.1) is 5.69 Å². The van der Waals surface area contributed by atoms with Crippen molar-refractivity contribution in [2.24, 2.45) is 0 Å². The molecule has 1 atom stereocenters. The first kappa shape index (κ1) is 22.4. The number of nitrogens with one attached hydrogen (secondary N) is 2. The molecule has 11 heteroatoms. The molecule has 1 aliphatic rings. The summed E-state index contributed by atoms with van der Waals surface area (Å²) in [6.07, 6.45) is 0. The fourth-order valence-corrected chi connectivity index (χ4v) is 3.89. The van der Waals surface area contributed by atoms with Crippen molar-refractivity contribution in [3.8, 4) is 5.95 Å². The molecule has 10 nitrogen and oxygen atoms in total. The molecule has 2 aromatic heterocycles. The van der Waals surface area contributed by atoms with Crippen molar-refractivity contribution in [1.29, 1.82) is 0 Å².